The van der Waals surface area contributed by atoms with Crippen molar-refractivity contribution in [3.63, 3.8) is 0 Å². The van der Waals surface area contributed by atoms with Crippen LogP contribution >= 0.6 is 0 Å². The van der Waals surface area contributed by atoms with E-state index in [1.807, 2.05) is 24.3 Å². The largest absolute Gasteiger partial charge is 0.490 e. The van der Waals surface area contributed by atoms with E-state index in [0.717, 1.165) is 24.3 Å². The summed E-state index contributed by atoms with van der Waals surface area (Å²) in [6.45, 7) is 0.239. The number of amides is 1. The SMILES string of the molecule is O=C1OC(CO)CN1c1ccc(OC2CCCC2)cc1. The van der Waals surface area contributed by atoms with E-state index in [1.165, 1.54) is 17.7 Å². The van der Waals surface area contributed by atoms with Gasteiger partial charge in [-0.05, 0) is 49.9 Å². The van der Waals surface area contributed by atoms with Gasteiger partial charge in [0, 0.05) is 5.69 Å². The van der Waals surface area contributed by atoms with Crippen molar-refractivity contribution in [2.24, 2.45) is 0 Å². The minimum atomic E-state index is -0.433. The molecule has 0 radical (unpaired) electrons. The lowest BCUT2D eigenvalue weighted by Crippen LogP contribution is -2.25. The van der Waals surface area contributed by atoms with Gasteiger partial charge in [0.05, 0.1) is 19.3 Å². The summed E-state index contributed by atoms with van der Waals surface area (Å²) in [6.07, 6.45) is 4.22. The Morgan fingerprint density at radius 1 is 1.25 bits per heavy atom. The Morgan fingerprint density at radius 2 is 1.95 bits per heavy atom. The van der Waals surface area contributed by atoms with Crippen molar-refractivity contribution in [3.8, 4) is 5.75 Å². The number of carbonyl (C=O) groups is 1. The second-order valence-corrected chi connectivity index (χ2v) is 5.32. The molecule has 1 amide bonds. The highest BCUT2D eigenvalue weighted by molar-refractivity contribution is 5.89. The van der Waals surface area contributed by atoms with Crippen molar-refractivity contribution in [2.75, 3.05) is 18.1 Å². The lowest BCUT2D eigenvalue weighted by atomic mass is 10.2. The summed E-state index contributed by atoms with van der Waals surface area (Å²) in [6, 6.07) is 7.47. The molecule has 1 aromatic rings. The molecule has 2 aliphatic rings. The second-order valence-electron chi connectivity index (χ2n) is 5.32. The van der Waals surface area contributed by atoms with Gasteiger partial charge >= 0.3 is 6.09 Å². The first-order valence-corrected chi connectivity index (χ1v) is 7.12. The summed E-state index contributed by atoms with van der Waals surface area (Å²) in [5.41, 5.74) is 0.768. The molecule has 1 saturated carbocycles. The maximum Gasteiger partial charge on any atom is 0.414 e. The average Bonchev–Trinajstić information content (AvgIpc) is 3.09. The average molecular weight is 277 g/mol. The third kappa shape index (κ3) is 2.72. The highest BCUT2D eigenvalue weighted by atomic mass is 16.6. The summed E-state index contributed by atoms with van der Waals surface area (Å²) >= 11 is 0. The molecule has 1 saturated heterocycles. The molecule has 1 aliphatic carbocycles. The summed E-state index contributed by atoms with van der Waals surface area (Å²) in [5, 5.41) is 9.03. The topological polar surface area (TPSA) is 59.0 Å². The van der Waals surface area contributed by atoms with Crippen LogP contribution in [0.1, 0.15) is 25.7 Å². The van der Waals surface area contributed by atoms with E-state index in [0.29, 0.717) is 12.6 Å². The van der Waals surface area contributed by atoms with E-state index in [1.54, 1.807) is 0 Å². The molecule has 1 atom stereocenters. The summed E-state index contributed by atoms with van der Waals surface area (Å²) in [7, 11) is 0. The summed E-state index contributed by atoms with van der Waals surface area (Å²) in [5.74, 6) is 0.840. The van der Waals surface area contributed by atoms with Crippen molar-refractivity contribution in [1.82, 2.24) is 0 Å². The van der Waals surface area contributed by atoms with Gasteiger partial charge in [-0.25, -0.2) is 4.79 Å². The van der Waals surface area contributed by atoms with Crippen LogP contribution in [-0.2, 0) is 4.74 Å². The van der Waals surface area contributed by atoms with Crippen LogP contribution in [0.15, 0.2) is 24.3 Å². The van der Waals surface area contributed by atoms with Gasteiger partial charge in [0.25, 0.3) is 0 Å². The molecule has 20 heavy (non-hydrogen) atoms. The molecule has 0 spiro atoms. The van der Waals surface area contributed by atoms with Crippen molar-refractivity contribution >= 4 is 11.8 Å². The van der Waals surface area contributed by atoms with Crippen molar-refractivity contribution in [3.05, 3.63) is 24.3 Å². The molecule has 2 fully saturated rings. The number of benzene rings is 1. The smallest absolute Gasteiger partial charge is 0.414 e. The fourth-order valence-electron chi connectivity index (χ4n) is 2.73. The van der Waals surface area contributed by atoms with Gasteiger partial charge in [-0.15, -0.1) is 0 Å². The molecule has 1 aromatic carbocycles. The maximum atomic E-state index is 11.7. The number of cyclic esters (lactones) is 1. The minimum absolute atomic E-state index is 0.148. The molecule has 5 heteroatoms. The molecule has 3 rings (SSSR count). The molecule has 5 nitrogen and oxygen atoms in total. The molecule has 1 aliphatic heterocycles. The van der Waals surface area contributed by atoms with Crippen LogP contribution in [0.25, 0.3) is 0 Å². The first-order valence-electron chi connectivity index (χ1n) is 7.12. The van der Waals surface area contributed by atoms with E-state index in [-0.39, 0.29) is 6.61 Å². The van der Waals surface area contributed by atoms with E-state index in [9.17, 15) is 4.79 Å². The van der Waals surface area contributed by atoms with Gasteiger partial charge in [0.2, 0.25) is 0 Å². The number of rotatable bonds is 4. The predicted molar refractivity (Wildman–Crippen MR) is 74.0 cm³/mol. The monoisotopic (exact) mass is 277 g/mol. The summed E-state index contributed by atoms with van der Waals surface area (Å²) in [4.78, 5) is 13.2. The number of anilines is 1. The molecular formula is C15H19NO4. The second kappa shape index (κ2) is 5.71. The molecule has 1 N–H and O–H groups in total. The molecule has 0 aromatic heterocycles. The third-order valence-corrected chi connectivity index (χ3v) is 3.83. The lowest BCUT2D eigenvalue weighted by Gasteiger charge is -2.16. The fourth-order valence-corrected chi connectivity index (χ4v) is 2.73. The number of hydrogen-bond donors (Lipinski definition) is 1. The van der Waals surface area contributed by atoms with E-state index < -0.39 is 12.2 Å². The third-order valence-electron chi connectivity index (χ3n) is 3.83. The Hall–Kier alpha value is -1.75. The van der Waals surface area contributed by atoms with Crippen LogP contribution in [0.5, 0.6) is 5.75 Å². The Labute approximate surface area is 118 Å². The first kappa shape index (κ1) is 13.2. The van der Waals surface area contributed by atoms with Gasteiger partial charge in [0.1, 0.15) is 11.9 Å². The minimum Gasteiger partial charge on any atom is -0.490 e. The van der Waals surface area contributed by atoms with Gasteiger partial charge in [-0.2, -0.15) is 0 Å². The maximum absolute atomic E-state index is 11.7. The van der Waals surface area contributed by atoms with Crippen molar-refractivity contribution in [1.29, 1.82) is 0 Å². The standard InChI is InChI=1S/C15H19NO4/c17-10-14-9-16(15(18)20-14)11-5-7-13(8-6-11)19-12-3-1-2-4-12/h5-8,12,14,17H,1-4,9-10H2. The van der Waals surface area contributed by atoms with Crippen LogP contribution in [0.3, 0.4) is 0 Å². The van der Waals surface area contributed by atoms with Gasteiger partial charge in [-0.1, -0.05) is 0 Å². The van der Waals surface area contributed by atoms with E-state index >= 15 is 0 Å². The van der Waals surface area contributed by atoms with E-state index in [4.69, 9.17) is 14.6 Å². The van der Waals surface area contributed by atoms with Crippen LogP contribution < -0.4 is 9.64 Å². The number of aliphatic hydroxyl groups excluding tert-OH is 1. The van der Waals surface area contributed by atoms with Crippen LogP contribution in [0, 0.1) is 0 Å². The Kier molecular flexibility index (Phi) is 3.78. The molecule has 1 unspecified atom stereocenters. The highest BCUT2D eigenvalue weighted by Gasteiger charge is 2.31. The zero-order valence-electron chi connectivity index (χ0n) is 11.3. The normalized spacial score (nSPS) is 23.1. The number of carbonyl (C=O) groups excluding carboxylic acids is 1. The van der Waals surface area contributed by atoms with Crippen LogP contribution in [0.4, 0.5) is 10.5 Å². The Bertz CT molecular complexity index is 467. The predicted octanol–water partition coefficient (Wildman–Crippen LogP) is 2.33. The Balaban J connectivity index is 1.65. The molecular weight excluding hydrogens is 258 g/mol. The fraction of sp³-hybridized carbons (Fsp3) is 0.533. The van der Waals surface area contributed by atoms with Crippen LogP contribution in [0.2, 0.25) is 0 Å². The first-order chi connectivity index (χ1) is 9.76. The molecule has 0 bridgehead atoms. The van der Waals surface area contributed by atoms with Gasteiger partial charge in [-0.3, -0.25) is 4.90 Å². The Morgan fingerprint density at radius 3 is 2.55 bits per heavy atom. The number of hydrogen-bond acceptors (Lipinski definition) is 4. The molecule has 108 valence electrons. The zero-order chi connectivity index (χ0) is 13.9. The summed E-state index contributed by atoms with van der Waals surface area (Å²) < 4.78 is 10.9. The number of ether oxygens (including phenoxy) is 2. The molecule has 1 heterocycles. The van der Waals surface area contributed by atoms with Gasteiger partial charge < -0.3 is 14.6 Å². The van der Waals surface area contributed by atoms with E-state index in [2.05, 4.69) is 0 Å². The number of aliphatic hydroxyl groups is 1. The van der Waals surface area contributed by atoms with Crippen LogP contribution in [-0.4, -0.2) is 36.6 Å². The van der Waals surface area contributed by atoms with Gasteiger partial charge in [0.15, 0.2) is 0 Å². The zero-order valence-corrected chi connectivity index (χ0v) is 11.3. The van der Waals surface area contributed by atoms with Crippen molar-refractivity contribution in [2.45, 2.75) is 37.9 Å². The van der Waals surface area contributed by atoms with Crippen molar-refractivity contribution < 1.29 is 19.4 Å². The highest BCUT2D eigenvalue weighted by Crippen LogP contribution is 2.27. The lowest BCUT2D eigenvalue weighted by molar-refractivity contribution is 0.0963. The number of nitrogens with zero attached hydrogens (tertiary/aromatic N) is 1. The quantitative estimate of drug-likeness (QED) is 0.917.